The van der Waals surface area contributed by atoms with Gasteiger partial charge in [0.25, 0.3) is 5.56 Å². The van der Waals surface area contributed by atoms with Crippen LogP contribution in [0.1, 0.15) is 11.8 Å². The largest absolute Gasteiger partial charge is 0.462 e. The van der Waals surface area contributed by atoms with E-state index in [9.17, 15) is 14.4 Å². The summed E-state index contributed by atoms with van der Waals surface area (Å²) in [5.74, 6) is -0.645. The Kier molecular flexibility index (Phi) is 4.92. The van der Waals surface area contributed by atoms with Gasteiger partial charge in [-0.15, -0.1) is 11.3 Å². The van der Waals surface area contributed by atoms with Gasteiger partial charge in [0.2, 0.25) is 0 Å². The number of carbonyl (C=O) groups excluding carboxylic acids is 1. The lowest BCUT2D eigenvalue weighted by molar-refractivity contribution is -0.146. The van der Waals surface area contributed by atoms with Gasteiger partial charge in [0, 0.05) is 11.5 Å². The van der Waals surface area contributed by atoms with Crippen molar-refractivity contribution in [3.63, 3.8) is 0 Å². The number of aromatic nitrogens is 2. The van der Waals surface area contributed by atoms with Crippen molar-refractivity contribution in [2.24, 2.45) is 0 Å². The van der Waals surface area contributed by atoms with E-state index in [0.717, 1.165) is 9.44 Å². The monoisotopic (exact) mass is 312 g/mol. The molecule has 0 amide bonds. The van der Waals surface area contributed by atoms with Crippen molar-refractivity contribution < 1.29 is 14.3 Å². The van der Waals surface area contributed by atoms with Crippen molar-refractivity contribution in [3.05, 3.63) is 31.8 Å². The van der Waals surface area contributed by atoms with E-state index in [4.69, 9.17) is 9.47 Å². The first-order valence-corrected chi connectivity index (χ1v) is 7.31. The molecular formula is C13H16N2O5S. The number of hydrogen-bond acceptors (Lipinski definition) is 6. The van der Waals surface area contributed by atoms with E-state index in [1.54, 1.807) is 6.07 Å². The maximum Gasteiger partial charge on any atom is 0.329 e. The highest BCUT2D eigenvalue weighted by Gasteiger charge is 2.13. The Balaban J connectivity index is 2.16. The molecule has 0 bridgehead atoms. The van der Waals surface area contributed by atoms with Crippen LogP contribution in [-0.2, 0) is 20.8 Å². The molecule has 2 aromatic rings. The number of thiophene rings is 1. The van der Waals surface area contributed by atoms with Crippen molar-refractivity contribution in [2.45, 2.75) is 20.4 Å². The summed E-state index contributed by atoms with van der Waals surface area (Å²) in [6.45, 7) is 4.18. The van der Waals surface area contributed by atoms with E-state index in [2.05, 4.69) is 4.98 Å². The molecule has 0 spiro atoms. The van der Waals surface area contributed by atoms with Gasteiger partial charge in [-0.25, -0.2) is 9.36 Å². The van der Waals surface area contributed by atoms with Crippen LogP contribution in [0.2, 0.25) is 0 Å². The summed E-state index contributed by atoms with van der Waals surface area (Å²) in [6, 6.07) is 1.69. The normalized spacial score (nSPS) is 11.0. The molecular weight excluding hydrogens is 296 g/mol. The van der Waals surface area contributed by atoms with Gasteiger partial charge in [0.05, 0.1) is 12.0 Å². The predicted octanol–water partition coefficient (Wildman–Crippen LogP) is 0.639. The lowest BCUT2D eigenvalue weighted by atomic mass is 10.3. The number of ether oxygens (including phenoxy) is 2. The number of aryl methyl sites for hydroxylation is 1. The van der Waals surface area contributed by atoms with Crippen molar-refractivity contribution in [2.75, 3.05) is 19.8 Å². The van der Waals surface area contributed by atoms with Crippen LogP contribution in [0.5, 0.6) is 0 Å². The Morgan fingerprint density at radius 3 is 2.86 bits per heavy atom. The second kappa shape index (κ2) is 6.68. The SMILES string of the molecule is CCOCCOC(=O)Cn1c(=O)[nH]c2sc(C)cc2c1=O. The third-order valence-electron chi connectivity index (χ3n) is 2.78. The highest BCUT2D eigenvalue weighted by atomic mass is 32.1. The smallest absolute Gasteiger partial charge is 0.329 e. The van der Waals surface area contributed by atoms with E-state index in [0.29, 0.717) is 16.8 Å². The molecule has 0 saturated carbocycles. The van der Waals surface area contributed by atoms with E-state index < -0.39 is 23.8 Å². The number of rotatable bonds is 6. The summed E-state index contributed by atoms with van der Waals surface area (Å²) >= 11 is 1.33. The standard InChI is InChI=1S/C13H16N2O5S/c1-3-19-4-5-20-10(16)7-15-12(17)9-6-8(2)21-11(9)14-13(15)18/h6H,3-5,7H2,1-2H3,(H,14,18). The fourth-order valence-electron chi connectivity index (χ4n) is 1.85. The molecule has 1 N–H and O–H groups in total. The van der Waals surface area contributed by atoms with Crippen LogP contribution in [-0.4, -0.2) is 35.3 Å². The van der Waals surface area contributed by atoms with Crippen LogP contribution in [0, 0.1) is 6.92 Å². The van der Waals surface area contributed by atoms with Crippen molar-refractivity contribution in [1.29, 1.82) is 0 Å². The topological polar surface area (TPSA) is 90.4 Å². The minimum absolute atomic E-state index is 0.0964. The first-order valence-electron chi connectivity index (χ1n) is 6.49. The quantitative estimate of drug-likeness (QED) is 0.624. The molecule has 0 unspecified atom stereocenters. The molecule has 8 heteroatoms. The number of carbonyl (C=O) groups is 1. The Morgan fingerprint density at radius 1 is 1.38 bits per heavy atom. The second-order valence-electron chi connectivity index (χ2n) is 4.34. The maximum absolute atomic E-state index is 12.2. The Hall–Kier alpha value is -1.93. The summed E-state index contributed by atoms with van der Waals surface area (Å²) in [7, 11) is 0. The molecule has 0 aliphatic rings. The summed E-state index contributed by atoms with van der Waals surface area (Å²) in [4.78, 5) is 39.7. The number of hydrogen-bond donors (Lipinski definition) is 1. The first kappa shape index (κ1) is 15.5. The molecule has 0 aliphatic carbocycles. The third kappa shape index (κ3) is 3.59. The van der Waals surface area contributed by atoms with Crippen LogP contribution in [0.15, 0.2) is 15.7 Å². The summed E-state index contributed by atoms with van der Waals surface area (Å²) < 4.78 is 10.8. The van der Waals surface area contributed by atoms with E-state index in [1.807, 2.05) is 13.8 Å². The number of nitrogens with zero attached hydrogens (tertiary/aromatic N) is 1. The van der Waals surface area contributed by atoms with Gasteiger partial charge in [0.15, 0.2) is 0 Å². The highest BCUT2D eigenvalue weighted by molar-refractivity contribution is 7.18. The average molecular weight is 312 g/mol. The fourth-order valence-corrected chi connectivity index (χ4v) is 2.74. The number of H-pyrrole nitrogens is 1. The molecule has 2 aromatic heterocycles. The average Bonchev–Trinajstić information content (AvgIpc) is 2.80. The molecule has 2 heterocycles. The van der Waals surface area contributed by atoms with E-state index >= 15 is 0 Å². The predicted molar refractivity (Wildman–Crippen MR) is 78.9 cm³/mol. The maximum atomic E-state index is 12.2. The number of aromatic amines is 1. The first-order chi connectivity index (χ1) is 10.0. The minimum atomic E-state index is -0.645. The molecule has 0 fully saturated rings. The minimum Gasteiger partial charge on any atom is -0.462 e. The van der Waals surface area contributed by atoms with Gasteiger partial charge in [-0.1, -0.05) is 0 Å². The van der Waals surface area contributed by atoms with Gasteiger partial charge < -0.3 is 9.47 Å². The second-order valence-corrected chi connectivity index (χ2v) is 5.60. The Morgan fingerprint density at radius 2 is 2.14 bits per heavy atom. The van der Waals surface area contributed by atoms with Crippen molar-refractivity contribution >= 4 is 27.5 Å². The van der Waals surface area contributed by atoms with E-state index in [1.165, 1.54) is 11.3 Å². The van der Waals surface area contributed by atoms with Gasteiger partial charge in [-0.3, -0.25) is 14.6 Å². The lowest BCUT2D eigenvalue weighted by Crippen LogP contribution is -2.37. The number of nitrogens with one attached hydrogen (secondary N) is 1. The number of esters is 1. The zero-order valence-corrected chi connectivity index (χ0v) is 12.6. The summed E-state index contributed by atoms with van der Waals surface area (Å²) in [5.41, 5.74) is -1.10. The Labute approximate surface area is 124 Å². The molecule has 0 atom stereocenters. The lowest BCUT2D eigenvalue weighted by Gasteiger charge is -2.06. The van der Waals surface area contributed by atoms with Gasteiger partial charge in [-0.2, -0.15) is 0 Å². The van der Waals surface area contributed by atoms with E-state index in [-0.39, 0.29) is 13.2 Å². The zero-order valence-electron chi connectivity index (χ0n) is 11.8. The van der Waals surface area contributed by atoms with Gasteiger partial charge in [0.1, 0.15) is 18.0 Å². The highest BCUT2D eigenvalue weighted by Crippen LogP contribution is 2.18. The number of fused-ring (bicyclic) bond motifs is 1. The molecule has 7 nitrogen and oxygen atoms in total. The molecule has 2 rings (SSSR count). The van der Waals surface area contributed by atoms with Crippen LogP contribution in [0.4, 0.5) is 0 Å². The molecule has 0 saturated heterocycles. The summed E-state index contributed by atoms with van der Waals surface area (Å²) in [6.07, 6.45) is 0. The third-order valence-corrected chi connectivity index (χ3v) is 3.74. The van der Waals surface area contributed by atoms with Crippen molar-refractivity contribution in [1.82, 2.24) is 9.55 Å². The molecule has 0 aliphatic heterocycles. The van der Waals surface area contributed by atoms with Crippen LogP contribution < -0.4 is 11.2 Å². The Bertz CT molecular complexity index is 758. The molecule has 114 valence electrons. The van der Waals surface area contributed by atoms with Crippen LogP contribution in [0.3, 0.4) is 0 Å². The van der Waals surface area contributed by atoms with Gasteiger partial charge >= 0.3 is 11.7 Å². The van der Waals surface area contributed by atoms with Crippen LogP contribution in [0.25, 0.3) is 10.2 Å². The van der Waals surface area contributed by atoms with Gasteiger partial charge in [-0.05, 0) is 19.9 Å². The summed E-state index contributed by atoms with van der Waals surface area (Å²) in [5, 5.41) is 0.402. The fraction of sp³-hybridized carbons (Fsp3) is 0.462. The molecule has 0 radical (unpaired) electrons. The van der Waals surface area contributed by atoms with Crippen molar-refractivity contribution in [3.8, 4) is 0 Å². The molecule has 21 heavy (non-hydrogen) atoms. The zero-order chi connectivity index (χ0) is 15.4. The van der Waals surface area contributed by atoms with Crippen LogP contribution >= 0.6 is 11.3 Å². The molecule has 0 aromatic carbocycles.